The lowest BCUT2D eigenvalue weighted by atomic mass is 10.1. The van der Waals surface area contributed by atoms with Gasteiger partial charge in [-0.05, 0) is 67.8 Å². The summed E-state index contributed by atoms with van der Waals surface area (Å²) in [5, 5.41) is 2.63. The molecule has 3 rings (SSSR count). The molecule has 0 saturated carbocycles. The van der Waals surface area contributed by atoms with Crippen LogP contribution < -0.4 is 9.62 Å². The molecule has 45 heavy (non-hydrogen) atoms. The van der Waals surface area contributed by atoms with Crippen LogP contribution in [0, 0.1) is 6.92 Å². The second-order valence-electron chi connectivity index (χ2n) is 10.3. The third-order valence-corrected chi connectivity index (χ3v) is 9.84. The number of amides is 2. The molecular weight excluding hydrogens is 674 g/mol. The molecule has 0 fully saturated rings. The quantitative estimate of drug-likeness (QED) is 0.183. The summed E-state index contributed by atoms with van der Waals surface area (Å²) in [7, 11) is -4.59. The Kier molecular flexibility index (Phi) is 12.6. The number of benzene rings is 3. The van der Waals surface area contributed by atoms with E-state index in [1.54, 1.807) is 19.9 Å². The highest BCUT2D eigenvalue weighted by Crippen LogP contribution is 2.38. The number of nitrogens with one attached hydrogen (secondary N) is 1. The van der Waals surface area contributed by atoms with E-state index in [4.69, 9.17) is 34.8 Å². The van der Waals surface area contributed by atoms with Crippen LogP contribution in [0.15, 0.2) is 65.6 Å². The van der Waals surface area contributed by atoms with Crippen LogP contribution in [0.3, 0.4) is 0 Å². The highest BCUT2D eigenvalue weighted by atomic mass is 35.5. The molecule has 0 aliphatic heterocycles. The van der Waals surface area contributed by atoms with Gasteiger partial charge in [-0.2, -0.15) is 13.2 Å². The first-order valence-corrected chi connectivity index (χ1v) is 16.6. The summed E-state index contributed by atoms with van der Waals surface area (Å²) in [5.74, 6) is -1.30. The summed E-state index contributed by atoms with van der Waals surface area (Å²) in [4.78, 5) is 28.4. The van der Waals surface area contributed by atoms with Crippen molar-refractivity contribution in [3.05, 3.63) is 92.4 Å². The van der Waals surface area contributed by atoms with Crippen molar-refractivity contribution >= 4 is 62.3 Å². The lowest BCUT2D eigenvalue weighted by Gasteiger charge is -2.33. The van der Waals surface area contributed by atoms with Gasteiger partial charge in [-0.1, -0.05) is 78.8 Å². The van der Waals surface area contributed by atoms with E-state index in [1.165, 1.54) is 41.3 Å². The van der Waals surface area contributed by atoms with Crippen molar-refractivity contribution in [2.24, 2.45) is 0 Å². The number of rotatable bonds is 13. The first-order valence-electron chi connectivity index (χ1n) is 14.1. The van der Waals surface area contributed by atoms with E-state index in [1.807, 2.05) is 6.92 Å². The van der Waals surface area contributed by atoms with Crippen LogP contribution in [0.1, 0.15) is 49.8 Å². The molecule has 2 amide bonds. The standard InChI is InChI=1S/C31H33Cl3F3N3O4S/c1-4-6-15-38-30(42)28(5-2)39(18-21-9-13-26(33)27(34)16-21)29(41)19-40(45(43,44)23-11-7-20(3)8-12-23)22-10-14-25(32)24(17-22)31(35,36)37/h7-14,16-17,28H,4-6,15,18-19H2,1-3H3,(H,38,42)/t28-/m0/s1. The van der Waals surface area contributed by atoms with E-state index >= 15 is 0 Å². The molecule has 3 aromatic carbocycles. The molecule has 0 bridgehead atoms. The normalized spacial score (nSPS) is 12.5. The zero-order valence-corrected chi connectivity index (χ0v) is 27.9. The molecule has 7 nitrogen and oxygen atoms in total. The van der Waals surface area contributed by atoms with E-state index in [9.17, 15) is 31.2 Å². The predicted octanol–water partition coefficient (Wildman–Crippen LogP) is 7.89. The van der Waals surface area contributed by atoms with Gasteiger partial charge in [0.05, 0.1) is 31.2 Å². The van der Waals surface area contributed by atoms with Crippen LogP contribution in [0.5, 0.6) is 0 Å². The van der Waals surface area contributed by atoms with Gasteiger partial charge in [0.1, 0.15) is 12.6 Å². The summed E-state index contributed by atoms with van der Waals surface area (Å²) in [6.07, 6.45) is -3.23. The minimum Gasteiger partial charge on any atom is -0.354 e. The second-order valence-corrected chi connectivity index (χ2v) is 13.4. The molecule has 0 spiro atoms. The van der Waals surface area contributed by atoms with Gasteiger partial charge >= 0.3 is 6.18 Å². The van der Waals surface area contributed by atoms with Gasteiger partial charge in [-0.25, -0.2) is 8.42 Å². The average Bonchev–Trinajstić information content (AvgIpc) is 2.97. The number of nitrogens with zero attached hydrogens (tertiary/aromatic N) is 2. The van der Waals surface area contributed by atoms with E-state index < -0.39 is 56.9 Å². The van der Waals surface area contributed by atoms with Crippen LogP contribution in [-0.4, -0.2) is 44.3 Å². The molecule has 0 heterocycles. The molecule has 244 valence electrons. The second kappa shape index (κ2) is 15.5. The molecule has 0 aliphatic rings. The number of halogens is 6. The monoisotopic (exact) mass is 705 g/mol. The topological polar surface area (TPSA) is 86.8 Å². The number of anilines is 1. The average molecular weight is 707 g/mol. The van der Waals surface area contributed by atoms with E-state index in [2.05, 4.69) is 5.32 Å². The Hall–Kier alpha value is -2.99. The highest BCUT2D eigenvalue weighted by molar-refractivity contribution is 7.92. The third kappa shape index (κ3) is 9.28. The fraction of sp³-hybridized carbons (Fsp3) is 0.355. The maximum absolute atomic E-state index is 14.1. The summed E-state index contributed by atoms with van der Waals surface area (Å²) < 4.78 is 70.0. The number of unbranched alkanes of at least 4 members (excludes halogenated alkanes) is 1. The number of hydrogen-bond acceptors (Lipinski definition) is 4. The van der Waals surface area contributed by atoms with Gasteiger partial charge in [0.2, 0.25) is 11.8 Å². The van der Waals surface area contributed by atoms with Crippen molar-refractivity contribution in [2.75, 3.05) is 17.4 Å². The molecule has 3 aromatic rings. The van der Waals surface area contributed by atoms with Crippen LogP contribution in [0.2, 0.25) is 15.1 Å². The minimum atomic E-state index is -4.90. The Bertz CT molecular complexity index is 1620. The number of alkyl halides is 3. The van der Waals surface area contributed by atoms with Gasteiger partial charge in [-0.3, -0.25) is 13.9 Å². The maximum atomic E-state index is 14.1. The van der Waals surface area contributed by atoms with Crippen LogP contribution in [-0.2, 0) is 32.3 Å². The van der Waals surface area contributed by atoms with Crippen molar-refractivity contribution in [1.29, 1.82) is 0 Å². The lowest BCUT2D eigenvalue weighted by molar-refractivity contribution is -0.140. The first-order chi connectivity index (χ1) is 21.1. The molecule has 0 aromatic heterocycles. The van der Waals surface area contributed by atoms with Crippen molar-refractivity contribution in [2.45, 2.75) is 63.7 Å². The zero-order chi connectivity index (χ0) is 33.5. The van der Waals surface area contributed by atoms with E-state index in [0.717, 1.165) is 24.1 Å². The minimum absolute atomic E-state index is 0.162. The van der Waals surface area contributed by atoms with E-state index in [0.29, 0.717) is 28.9 Å². The summed E-state index contributed by atoms with van der Waals surface area (Å²) in [6.45, 7) is 4.66. The highest BCUT2D eigenvalue weighted by Gasteiger charge is 2.37. The van der Waals surface area contributed by atoms with Gasteiger partial charge in [-0.15, -0.1) is 0 Å². The lowest BCUT2D eigenvalue weighted by Crippen LogP contribution is -2.52. The largest absolute Gasteiger partial charge is 0.417 e. The smallest absolute Gasteiger partial charge is 0.354 e. The van der Waals surface area contributed by atoms with Crippen molar-refractivity contribution < 1.29 is 31.2 Å². The third-order valence-electron chi connectivity index (χ3n) is 6.98. The fourth-order valence-corrected chi connectivity index (χ4v) is 6.46. The van der Waals surface area contributed by atoms with Crippen LogP contribution >= 0.6 is 34.8 Å². The number of carbonyl (C=O) groups is 2. The van der Waals surface area contributed by atoms with Crippen molar-refractivity contribution in [3.63, 3.8) is 0 Å². The number of aryl methyl sites for hydroxylation is 1. The van der Waals surface area contributed by atoms with Gasteiger partial charge < -0.3 is 10.2 Å². The first kappa shape index (κ1) is 36.5. The Morgan fingerprint density at radius 1 is 0.911 bits per heavy atom. The van der Waals surface area contributed by atoms with Gasteiger partial charge in [0, 0.05) is 13.1 Å². The molecule has 1 atom stereocenters. The Labute approximate surface area is 276 Å². The van der Waals surface area contributed by atoms with Gasteiger partial charge in [0.15, 0.2) is 0 Å². The fourth-order valence-electron chi connectivity index (χ4n) is 4.51. The molecular formula is C31H33Cl3F3N3O4S. The SMILES string of the molecule is CCCCNC(=O)[C@H](CC)N(Cc1ccc(Cl)c(Cl)c1)C(=O)CN(c1ccc(Cl)c(C(F)(F)F)c1)S(=O)(=O)c1ccc(C)cc1. The zero-order valence-electron chi connectivity index (χ0n) is 24.8. The summed E-state index contributed by atoms with van der Waals surface area (Å²) in [6, 6.07) is 11.8. The Balaban J connectivity index is 2.14. The van der Waals surface area contributed by atoms with Crippen molar-refractivity contribution in [3.8, 4) is 0 Å². The number of sulfonamides is 1. The summed E-state index contributed by atoms with van der Waals surface area (Å²) in [5.41, 5.74) is -0.463. The Morgan fingerprint density at radius 3 is 2.13 bits per heavy atom. The molecule has 1 N–H and O–H groups in total. The van der Waals surface area contributed by atoms with E-state index in [-0.39, 0.29) is 27.9 Å². The van der Waals surface area contributed by atoms with Gasteiger partial charge in [0.25, 0.3) is 10.0 Å². The molecule has 0 saturated heterocycles. The molecule has 0 radical (unpaired) electrons. The number of hydrogen-bond donors (Lipinski definition) is 1. The molecule has 14 heteroatoms. The summed E-state index contributed by atoms with van der Waals surface area (Å²) >= 11 is 18.1. The maximum Gasteiger partial charge on any atom is 0.417 e. The Morgan fingerprint density at radius 2 is 1.56 bits per heavy atom. The van der Waals surface area contributed by atoms with Crippen molar-refractivity contribution in [1.82, 2.24) is 10.2 Å². The molecule has 0 unspecified atom stereocenters. The van der Waals surface area contributed by atoms with Crippen LogP contribution in [0.25, 0.3) is 0 Å². The molecule has 0 aliphatic carbocycles. The predicted molar refractivity (Wildman–Crippen MR) is 171 cm³/mol. The van der Waals surface area contributed by atoms with Crippen LogP contribution in [0.4, 0.5) is 18.9 Å². The number of carbonyl (C=O) groups excluding carboxylic acids is 2.